The maximum Gasteiger partial charge on any atom is 0.252 e. The Hall–Kier alpha value is -12.6. The Kier molecular flexibility index (Phi) is 11.0. The molecule has 108 heavy (non-hydrogen) atoms. The van der Waals surface area contributed by atoms with Crippen molar-refractivity contribution in [1.82, 2.24) is 13.7 Å². The summed E-state index contributed by atoms with van der Waals surface area (Å²) >= 11 is 0. The first-order chi connectivity index (χ1) is 60.0. The highest BCUT2D eigenvalue weighted by atomic mass is 15.2. The average Bonchev–Trinajstić information content (AvgIpc) is 0.973. The van der Waals surface area contributed by atoms with Gasteiger partial charge in [-0.3, -0.25) is 0 Å². The minimum Gasteiger partial charge on any atom is -0.310 e. The van der Waals surface area contributed by atoms with E-state index in [4.69, 9.17) is 5.48 Å². The van der Waals surface area contributed by atoms with Gasteiger partial charge in [0.1, 0.15) is 0 Å². The first-order valence-electron chi connectivity index (χ1n) is 45.7. The fourth-order valence-electron chi connectivity index (χ4n) is 16.9. The topological polar surface area (TPSA) is 21.3 Å². The lowest BCUT2D eigenvalue weighted by Gasteiger charge is -2.45. The van der Waals surface area contributed by atoms with Crippen LogP contribution in [0.3, 0.4) is 0 Å². The molecule has 5 heterocycles. The summed E-state index contributed by atoms with van der Waals surface area (Å²) in [6.07, 6.45) is 0. The molecule has 2 aliphatic heterocycles. The summed E-state index contributed by atoms with van der Waals surface area (Å²) in [5, 5.41) is 3.56. The third-order valence-corrected chi connectivity index (χ3v) is 22.1. The largest absolute Gasteiger partial charge is 0.310 e. The summed E-state index contributed by atoms with van der Waals surface area (Å²) < 4.78 is 177. The number of benzene rings is 15. The first kappa shape index (κ1) is 48.5. The molecular weight excluding hydrogens is 1310 g/mol. The smallest absolute Gasteiger partial charge is 0.252 e. The number of hydrogen-bond acceptors (Lipinski definition) is 2. The summed E-state index contributed by atoms with van der Waals surface area (Å²) in [5.74, 6) is 0. The van der Waals surface area contributed by atoms with Gasteiger partial charge in [-0.2, -0.15) is 0 Å². The lowest BCUT2D eigenvalue weighted by atomic mass is 9.33. The van der Waals surface area contributed by atoms with E-state index in [-0.39, 0.29) is 60.6 Å². The molecule has 0 bridgehead atoms. The predicted octanol–water partition coefficient (Wildman–Crippen LogP) is 25.6. The van der Waals surface area contributed by atoms with E-state index in [1.54, 1.807) is 12.1 Å². The van der Waals surface area contributed by atoms with Gasteiger partial charge in [-0.1, -0.05) is 292 Å². The summed E-state index contributed by atoms with van der Waals surface area (Å²) in [4.78, 5) is 4.27. The molecule has 20 rings (SSSR count). The van der Waals surface area contributed by atoms with Gasteiger partial charge >= 0.3 is 0 Å². The molecule has 0 amide bonds. The van der Waals surface area contributed by atoms with Crippen LogP contribution in [0.1, 0.15) is 104 Å². The fourth-order valence-corrected chi connectivity index (χ4v) is 16.9. The third kappa shape index (κ3) is 10.2. The summed E-state index contributed by atoms with van der Waals surface area (Å²) in [5.41, 5.74) is 15.6. The minimum atomic E-state index is -0.926. The number of aromatic nitrogens is 3. The number of fused-ring (bicyclic) bond motifs is 13. The van der Waals surface area contributed by atoms with Gasteiger partial charge in [-0.05, 0) is 186 Å². The molecule has 6 heteroatoms. The van der Waals surface area contributed by atoms with E-state index in [1.807, 2.05) is 127 Å². The van der Waals surface area contributed by atoms with Crippen molar-refractivity contribution in [3.8, 4) is 61.6 Å². The zero-order chi connectivity index (χ0) is 88.7. The van der Waals surface area contributed by atoms with Gasteiger partial charge in [-0.15, -0.1) is 0 Å². The second kappa shape index (κ2) is 24.5. The Balaban J connectivity index is 1.01. The van der Waals surface area contributed by atoms with Gasteiger partial charge in [0.2, 0.25) is 0 Å². The molecule has 2 aliphatic rings. The van der Waals surface area contributed by atoms with Gasteiger partial charge in [0.15, 0.2) is 0 Å². The molecule has 0 N–H and O–H groups in total. The van der Waals surface area contributed by atoms with Gasteiger partial charge < -0.3 is 23.5 Å². The predicted molar refractivity (Wildman–Crippen MR) is 461 cm³/mol. The normalized spacial score (nSPS) is 15.3. The van der Waals surface area contributed by atoms with E-state index in [2.05, 4.69) is 166 Å². The monoisotopic (exact) mass is 1410 g/mol. The maximum atomic E-state index is 10.2. The van der Waals surface area contributed by atoms with Gasteiger partial charge in [0, 0.05) is 77.6 Å². The molecule has 3 aromatic heterocycles. The van der Waals surface area contributed by atoms with Crippen molar-refractivity contribution in [2.75, 3.05) is 9.80 Å². The Morgan fingerprint density at radius 3 is 1.28 bits per heavy atom. The van der Waals surface area contributed by atoms with Crippen molar-refractivity contribution in [2.45, 2.75) is 78.6 Å². The van der Waals surface area contributed by atoms with Gasteiger partial charge in [-0.25, -0.2) is 0 Å². The number of para-hydroxylation sites is 5. The van der Waals surface area contributed by atoms with Crippen LogP contribution >= 0.6 is 0 Å². The highest BCUT2D eigenvalue weighted by molar-refractivity contribution is 7.00. The minimum absolute atomic E-state index is 0.0766. The molecule has 0 unspecified atom stereocenters. The highest BCUT2D eigenvalue weighted by Crippen LogP contribution is 2.55. The quantitative estimate of drug-likeness (QED) is 0.134. The van der Waals surface area contributed by atoms with E-state index >= 15 is 0 Å². The van der Waals surface area contributed by atoms with Crippen molar-refractivity contribution in [2.24, 2.45) is 0 Å². The standard InChI is InChI=1S/C102H82BN5/c1-100(2,3)71-50-55-88-82(60-71)83-61-72(101(4,5)6)51-56-89(83)106(88)90-47-29-43-78-79-44-30-48-91(99(79)105(98(78)90)74-39-23-14-24-40-74)107-93-64-75(104-86-45-27-25-41-76(86)77-42-26-28-46-87(77)104)52-54-85(93)103-84-53-49-69(65-31-15-10-16-32-65)57-92(84)108(95-59-70(58-94(107)96(95)103)66-33-17-11-18-34-66)97-80(67-35-19-12-20-36-67)62-73(102(7,8)9)63-81(97)68-37-21-13-22-38-68/h10-64H,1-9H3/i10D,11D,15D,16D,17D,18D,25D,26D,27D,28D,31D,32D,33D,34D,41D,42D,45D,46D. The van der Waals surface area contributed by atoms with E-state index in [0.29, 0.717) is 56.0 Å². The molecular formula is C102H82BN5. The van der Waals surface area contributed by atoms with Crippen LogP contribution in [0.15, 0.2) is 333 Å². The highest BCUT2D eigenvalue weighted by Gasteiger charge is 2.46. The van der Waals surface area contributed by atoms with Gasteiger partial charge in [0.25, 0.3) is 6.71 Å². The Morgan fingerprint density at radius 1 is 0.269 bits per heavy atom. The number of hydrogen-bond donors (Lipinski definition) is 0. The van der Waals surface area contributed by atoms with Crippen molar-refractivity contribution in [3.05, 3.63) is 350 Å². The number of anilines is 6. The van der Waals surface area contributed by atoms with Crippen LogP contribution in [0, 0.1) is 0 Å². The SMILES string of the molecule is [2H]c1c([2H])c([2H])c(-c2ccc3c(c2)N(c2c(-c4ccccc4)cc(C(C)(C)C)cc2-c2ccccc2)c2cc(-c4c([2H])c([2H])c([2H])c([2H])c4[2H])cc4c2B3c2ccc(-n3c5c([2H])c([2H])c([2H])c([2H])c5c5c([2H])c([2H])c([2H])c([2H])c53)cc2N4c2cccc3c4cccc(-n5c6ccc(C(C)(C)C)cc6c6cc(C(C)(C)C)ccc65)c4n(-c4ccccc4)c23)c([2H])c1[2H]. The van der Waals surface area contributed by atoms with E-state index in [1.165, 1.54) is 15.7 Å². The molecule has 18 aromatic rings. The van der Waals surface area contributed by atoms with E-state index in [9.17, 15) is 19.2 Å². The summed E-state index contributed by atoms with van der Waals surface area (Å²) in [6, 6.07) is 65.6. The van der Waals surface area contributed by atoms with Crippen molar-refractivity contribution < 1.29 is 24.7 Å². The molecule has 5 nitrogen and oxygen atoms in total. The van der Waals surface area contributed by atoms with E-state index in [0.717, 1.165) is 77.3 Å². The Bertz CT molecular complexity index is 7570. The molecule has 0 saturated carbocycles. The zero-order valence-electron chi connectivity index (χ0n) is 79.2. The molecule has 0 saturated heterocycles. The molecule has 0 aliphatic carbocycles. The average molecular weight is 1410 g/mol. The van der Waals surface area contributed by atoms with Crippen LogP contribution in [0.5, 0.6) is 0 Å². The first-order valence-corrected chi connectivity index (χ1v) is 36.7. The van der Waals surface area contributed by atoms with Crippen LogP contribution < -0.4 is 26.2 Å². The molecule has 0 fully saturated rings. The van der Waals surface area contributed by atoms with Crippen molar-refractivity contribution in [3.63, 3.8) is 0 Å². The Labute approximate surface area is 657 Å². The number of nitrogens with zero attached hydrogens (tertiary/aromatic N) is 5. The van der Waals surface area contributed by atoms with Crippen molar-refractivity contribution in [1.29, 1.82) is 0 Å². The maximum absolute atomic E-state index is 10.2. The fraction of sp³-hybridized carbons (Fsp3) is 0.118. The lowest BCUT2D eigenvalue weighted by Crippen LogP contribution is -2.61. The summed E-state index contributed by atoms with van der Waals surface area (Å²) in [7, 11) is 0. The van der Waals surface area contributed by atoms with Gasteiger partial charge in [0.05, 0.1) is 74.8 Å². The van der Waals surface area contributed by atoms with E-state index < -0.39 is 121 Å². The van der Waals surface area contributed by atoms with Crippen LogP contribution in [0.2, 0.25) is 0 Å². The summed E-state index contributed by atoms with van der Waals surface area (Å²) in [6.45, 7) is 18.9. The molecule has 0 atom stereocenters. The third-order valence-electron chi connectivity index (χ3n) is 22.1. The van der Waals surface area contributed by atoms with Crippen LogP contribution in [-0.2, 0) is 16.2 Å². The molecule has 518 valence electrons. The zero-order valence-corrected chi connectivity index (χ0v) is 61.2. The lowest BCUT2D eigenvalue weighted by molar-refractivity contribution is 0.590. The second-order valence-electron chi connectivity index (χ2n) is 31.6. The van der Waals surface area contributed by atoms with Crippen LogP contribution in [0.25, 0.3) is 127 Å². The van der Waals surface area contributed by atoms with Crippen LogP contribution in [0.4, 0.5) is 34.1 Å². The second-order valence-corrected chi connectivity index (χ2v) is 31.6. The molecule has 15 aromatic carbocycles. The van der Waals surface area contributed by atoms with Crippen molar-refractivity contribution >= 4 is 123 Å². The molecule has 0 radical (unpaired) electrons. The van der Waals surface area contributed by atoms with Crippen LogP contribution in [-0.4, -0.2) is 20.4 Å². The molecule has 0 spiro atoms. The number of rotatable bonds is 9. The Morgan fingerprint density at radius 2 is 0.731 bits per heavy atom.